The summed E-state index contributed by atoms with van der Waals surface area (Å²) in [5.74, 6) is 1.39. The molecule has 0 saturated heterocycles. The standard InChI is InChI=1S/C16H27N3O/c1-11(2)15-7-13(10-17-14-5-6-14)8-16(19-15)18-9-12(3)20-4/h7-8,11-12,14,17H,5-6,9-10H2,1-4H3,(H,18,19). The number of aromatic nitrogens is 1. The molecule has 1 fully saturated rings. The highest BCUT2D eigenvalue weighted by molar-refractivity contribution is 5.40. The van der Waals surface area contributed by atoms with E-state index in [1.807, 2.05) is 0 Å². The average molecular weight is 277 g/mol. The van der Waals surface area contributed by atoms with E-state index in [4.69, 9.17) is 4.74 Å². The van der Waals surface area contributed by atoms with Gasteiger partial charge in [-0.3, -0.25) is 0 Å². The molecule has 1 aromatic heterocycles. The Morgan fingerprint density at radius 2 is 2.05 bits per heavy atom. The topological polar surface area (TPSA) is 46.2 Å². The average Bonchev–Trinajstić information content (AvgIpc) is 3.26. The highest BCUT2D eigenvalue weighted by Gasteiger charge is 2.20. The van der Waals surface area contributed by atoms with Crippen molar-refractivity contribution < 1.29 is 4.74 Å². The summed E-state index contributed by atoms with van der Waals surface area (Å²) in [7, 11) is 1.73. The van der Waals surface area contributed by atoms with Crippen LogP contribution in [0.1, 0.15) is 50.8 Å². The normalized spacial score (nSPS) is 16.4. The van der Waals surface area contributed by atoms with Crippen LogP contribution in [0.3, 0.4) is 0 Å². The van der Waals surface area contributed by atoms with Gasteiger partial charge in [-0.25, -0.2) is 4.98 Å². The fourth-order valence-electron chi connectivity index (χ4n) is 1.98. The fourth-order valence-corrected chi connectivity index (χ4v) is 1.98. The summed E-state index contributed by atoms with van der Waals surface area (Å²) in [4.78, 5) is 4.69. The quantitative estimate of drug-likeness (QED) is 0.767. The largest absolute Gasteiger partial charge is 0.380 e. The van der Waals surface area contributed by atoms with Crippen LogP contribution in [0.2, 0.25) is 0 Å². The van der Waals surface area contributed by atoms with Gasteiger partial charge in [0.1, 0.15) is 5.82 Å². The predicted molar refractivity (Wildman–Crippen MR) is 83.1 cm³/mol. The lowest BCUT2D eigenvalue weighted by atomic mass is 10.1. The first-order valence-electron chi connectivity index (χ1n) is 7.59. The molecule has 0 radical (unpaired) electrons. The van der Waals surface area contributed by atoms with Crippen LogP contribution in [0.15, 0.2) is 12.1 Å². The van der Waals surface area contributed by atoms with E-state index in [0.29, 0.717) is 5.92 Å². The molecule has 0 spiro atoms. The van der Waals surface area contributed by atoms with Crippen molar-refractivity contribution in [3.8, 4) is 0 Å². The zero-order valence-corrected chi connectivity index (χ0v) is 13.1. The molecule has 1 unspecified atom stereocenters. The van der Waals surface area contributed by atoms with Gasteiger partial charge < -0.3 is 15.4 Å². The Morgan fingerprint density at radius 3 is 2.65 bits per heavy atom. The molecule has 1 heterocycles. The van der Waals surface area contributed by atoms with Crippen molar-refractivity contribution in [3.05, 3.63) is 23.4 Å². The van der Waals surface area contributed by atoms with E-state index in [1.54, 1.807) is 7.11 Å². The number of pyridine rings is 1. The number of hydrogen-bond acceptors (Lipinski definition) is 4. The minimum absolute atomic E-state index is 0.188. The molecule has 1 aromatic rings. The Bertz CT molecular complexity index is 430. The van der Waals surface area contributed by atoms with Crippen LogP contribution in [0.4, 0.5) is 5.82 Å². The molecule has 4 nitrogen and oxygen atoms in total. The van der Waals surface area contributed by atoms with Crippen molar-refractivity contribution in [2.75, 3.05) is 19.0 Å². The van der Waals surface area contributed by atoms with E-state index in [9.17, 15) is 0 Å². The van der Waals surface area contributed by atoms with Gasteiger partial charge in [-0.2, -0.15) is 0 Å². The van der Waals surface area contributed by atoms with Crippen molar-refractivity contribution in [1.29, 1.82) is 0 Å². The molecule has 1 saturated carbocycles. The van der Waals surface area contributed by atoms with Gasteiger partial charge in [-0.05, 0) is 43.4 Å². The maximum Gasteiger partial charge on any atom is 0.126 e. The summed E-state index contributed by atoms with van der Waals surface area (Å²) in [5, 5.41) is 6.93. The van der Waals surface area contributed by atoms with Gasteiger partial charge in [0.25, 0.3) is 0 Å². The second-order valence-electron chi connectivity index (χ2n) is 6.02. The van der Waals surface area contributed by atoms with E-state index in [1.165, 1.54) is 18.4 Å². The first-order valence-corrected chi connectivity index (χ1v) is 7.59. The number of nitrogens with zero attached hydrogens (tertiary/aromatic N) is 1. The first-order chi connectivity index (χ1) is 9.58. The molecule has 0 aliphatic heterocycles. The summed E-state index contributed by atoms with van der Waals surface area (Å²) in [6, 6.07) is 5.09. The second kappa shape index (κ2) is 7.04. The predicted octanol–water partition coefficient (Wildman–Crippen LogP) is 2.90. The van der Waals surface area contributed by atoms with Crippen LogP contribution in [-0.2, 0) is 11.3 Å². The van der Waals surface area contributed by atoms with Crippen LogP contribution in [0.25, 0.3) is 0 Å². The van der Waals surface area contributed by atoms with Gasteiger partial charge in [-0.15, -0.1) is 0 Å². The van der Waals surface area contributed by atoms with E-state index in [0.717, 1.165) is 30.6 Å². The van der Waals surface area contributed by atoms with Crippen LogP contribution in [0.5, 0.6) is 0 Å². The summed E-state index contributed by atoms with van der Waals surface area (Å²) in [6.07, 6.45) is 2.82. The van der Waals surface area contributed by atoms with Crippen molar-refractivity contribution in [2.24, 2.45) is 0 Å². The number of hydrogen-bond donors (Lipinski definition) is 2. The number of anilines is 1. The molecule has 1 aliphatic carbocycles. The maximum atomic E-state index is 5.26. The Hall–Kier alpha value is -1.13. The third-order valence-corrected chi connectivity index (χ3v) is 3.64. The Morgan fingerprint density at radius 1 is 1.30 bits per heavy atom. The zero-order chi connectivity index (χ0) is 14.5. The number of ether oxygens (including phenoxy) is 1. The molecule has 112 valence electrons. The number of rotatable bonds is 8. The number of nitrogens with one attached hydrogen (secondary N) is 2. The van der Waals surface area contributed by atoms with E-state index < -0.39 is 0 Å². The third kappa shape index (κ3) is 4.76. The van der Waals surface area contributed by atoms with Gasteiger partial charge in [-0.1, -0.05) is 13.8 Å². The van der Waals surface area contributed by atoms with Crippen LogP contribution in [0, 0.1) is 0 Å². The number of methoxy groups -OCH3 is 1. The van der Waals surface area contributed by atoms with Crippen molar-refractivity contribution in [2.45, 2.75) is 58.2 Å². The van der Waals surface area contributed by atoms with Crippen LogP contribution in [-0.4, -0.2) is 30.8 Å². The van der Waals surface area contributed by atoms with Gasteiger partial charge in [0.2, 0.25) is 0 Å². The smallest absolute Gasteiger partial charge is 0.126 e. The summed E-state index contributed by atoms with van der Waals surface area (Å²) in [6.45, 7) is 8.13. The Kier molecular flexibility index (Phi) is 5.38. The first kappa shape index (κ1) is 15.3. The molecular formula is C16H27N3O. The fraction of sp³-hybridized carbons (Fsp3) is 0.688. The van der Waals surface area contributed by atoms with Crippen LogP contribution >= 0.6 is 0 Å². The molecule has 2 rings (SSSR count). The highest BCUT2D eigenvalue weighted by atomic mass is 16.5. The van der Waals surface area contributed by atoms with E-state index in [2.05, 4.69) is 48.5 Å². The molecule has 0 amide bonds. The third-order valence-electron chi connectivity index (χ3n) is 3.64. The van der Waals surface area contributed by atoms with Gasteiger partial charge in [0, 0.05) is 31.9 Å². The monoisotopic (exact) mass is 277 g/mol. The Labute approximate surface area is 122 Å². The van der Waals surface area contributed by atoms with Crippen molar-refractivity contribution >= 4 is 5.82 Å². The second-order valence-corrected chi connectivity index (χ2v) is 6.02. The Balaban J connectivity index is 2.03. The van der Waals surface area contributed by atoms with Gasteiger partial charge in [0.15, 0.2) is 0 Å². The lowest BCUT2D eigenvalue weighted by Gasteiger charge is -2.15. The highest BCUT2D eigenvalue weighted by Crippen LogP contribution is 2.21. The minimum atomic E-state index is 0.188. The molecule has 0 aromatic carbocycles. The van der Waals surface area contributed by atoms with Gasteiger partial charge >= 0.3 is 0 Å². The van der Waals surface area contributed by atoms with E-state index >= 15 is 0 Å². The lowest BCUT2D eigenvalue weighted by Crippen LogP contribution is -2.20. The van der Waals surface area contributed by atoms with Crippen LogP contribution < -0.4 is 10.6 Å². The molecule has 4 heteroatoms. The molecular weight excluding hydrogens is 250 g/mol. The van der Waals surface area contributed by atoms with Crippen molar-refractivity contribution in [1.82, 2.24) is 10.3 Å². The van der Waals surface area contributed by atoms with Crippen molar-refractivity contribution in [3.63, 3.8) is 0 Å². The molecule has 1 aliphatic rings. The lowest BCUT2D eigenvalue weighted by molar-refractivity contribution is 0.128. The maximum absolute atomic E-state index is 5.26. The molecule has 20 heavy (non-hydrogen) atoms. The SMILES string of the molecule is COC(C)CNc1cc(CNC2CC2)cc(C(C)C)n1. The summed E-state index contributed by atoms with van der Waals surface area (Å²) >= 11 is 0. The summed E-state index contributed by atoms with van der Waals surface area (Å²) in [5.41, 5.74) is 2.45. The molecule has 2 N–H and O–H groups in total. The molecule has 1 atom stereocenters. The molecule has 0 bridgehead atoms. The minimum Gasteiger partial charge on any atom is -0.380 e. The van der Waals surface area contributed by atoms with E-state index in [-0.39, 0.29) is 6.10 Å². The zero-order valence-electron chi connectivity index (χ0n) is 13.1. The van der Waals surface area contributed by atoms with Gasteiger partial charge in [0.05, 0.1) is 6.10 Å². The summed E-state index contributed by atoms with van der Waals surface area (Å²) < 4.78 is 5.26.